The summed E-state index contributed by atoms with van der Waals surface area (Å²) in [5.74, 6) is 0. The molecule has 3 aromatic rings. The first-order chi connectivity index (χ1) is 15.6. The molecule has 0 radical (unpaired) electrons. The van der Waals surface area contributed by atoms with Gasteiger partial charge in [-0.15, -0.1) is 0 Å². The molecule has 2 aromatic heterocycles. The number of amides is 2. The minimum absolute atomic E-state index is 0.348. The van der Waals surface area contributed by atoms with Crippen molar-refractivity contribution in [2.24, 2.45) is 0 Å². The number of carbonyl (C=O) groups is 2. The fraction of sp³-hybridized carbons (Fsp3) is 0.417. The first-order valence-electron chi connectivity index (χ1n) is 11.4. The molecule has 0 atom stereocenters. The van der Waals surface area contributed by atoms with Crippen molar-refractivity contribution in [3.63, 3.8) is 0 Å². The van der Waals surface area contributed by atoms with Crippen molar-refractivity contribution >= 4 is 23.4 Å². The number of benzene rings is 1. The quantitative estimate of drug-likeness (QED) is 0.398. The molecule has 32 heavy (non-hydrogen) atoms. The van der Waals surface area contributed by atoms with Crippen molar-refractivity contribution in [3.05, 3.63) is 60.2 Å². The standard InChI is InChI=1S/C24H32N6O2/c1-3-5-7-10-19-14-16-29(27-19)23(31)25-21-12-9-13-22(18-21)26-24(32)30-17-15-20(28-30)11-8-6-4-2/h9,12-18H,3-8,10-11H2,1-2H3,(H,25,31)(H,26,32). The van der Waals surface area contributed by atoms with Crippen LogP contribution in [0.1, 0.15) is 63.8 Å². The number of carbonyl (C=O) groups excluding carboxylic acids is 2. The molecule has 0 saturated carbocycles. The van der Waals surface area contributed by atoms with Crippen LogP contribution < -0.4 is 10.6 Å². The summed E-state index contributed by atoms with van der Waals surface area (Å²) in [7, 11) is 0. The third-order valence-electron chi connectivity index (χ3n) is 5.14. The summed E-state index contributed by atoms with van der Waals surface area (Å²) in [6.07, 6.45) is 11.8. The lowest BCUT2D eigenvalue weighted by molar-refractivity contribution is 0.250. The van der Waals surface area contributed by atoms with Crippen LogP contribution >= 0.6 is 0 Å². The topological polar surface area (TPSA) is 93.8 Å². The van der Waals surface area contributed by atoms with Gasteiger partial charge < -0.3 is 10.6 Å². The Hall–Kier alpha value is -3.42. The van der Waals surface area contributed by atoms with E-state index < -0.39 is 0 Å². The van der Waals surface area contributed by atoms with Crippen LogP contribution in [-0.2, 0) is 12.8 Å². The Morgan fingerprint density at radius 3 is 1.66 bits per heavy atom. The van der Waals surface area contributed by atoms with Gasteiger partial charge in [0.05, 0.1) is 11.4 Å². The largest absolute Gasteiger partial charge is 0.346 e. The Morgan fingerprint density at radius 2 is 1.22 bits per heavy atom. The minimum atomic E-state index is -0.348. The van der Waals surface area contributed by atoms with Gasteiger partial charge in [-0.1, -0.05) is 45.6 Å². The van der Waals surface area contributed by atoms with E-state index in [1.165, 1.54) is 9.36 Å². The zero-order valence-electron chi connectivity index (χ0n) is 18.9. The van der Waals surface area contributed by atoms with Crippen LogP contribution in [0.2, 0.25) is 0 Å². The Bertz CT molecular complexity index is 945. The lowest BCUT2D eigenvalue weighted by Crippen LogP contribution is -2.21. The lowest BCUT2D eigenvalue weighted by atomic mass is 10.2. The number of hydrogen-bond acceptors (Lipinski definition) is 4. The second kappa shape index (κ2) is 11.8. The average molecular weight is 437 g/mol. The molecule has 0 saturated heterocycles. The summed E-state index contributed by atoms with van der Waals surface area (Å²) in [6.45, 7) is 4.31. The zero-order chi connectivity index (χ0) is 22.8. The number of nitrogens with zero attached hydrogens (tertiary/aromatic N) is 4. The van der Waals surface area contributed by atoms with Crippen molar-refractivity contribution in [3.8, 4) is 0 Å². The van der Waals surface area contributed by atoms with Crippen LogP contribution in [0.3, 0.4) is 0 Å². The van der Waals surface area contributed by atoms with Gasteiger partial charge in [-0.3, -0.25) is 0 Å². The van der Waals surface area contributed by atoms with E-state index in [1.54, 1.807) is 36.7 Å². The number of nitrogens with one attached hydrogen (secondary N) is 2. The summed E-state index contributed by atoms with van der Waals surface area (Å²) < 4.78 is 2.60. The molecular weight excluding hydrogens is 404 g/mol. The molecule has 8 heteroatoms. The first-order valence-corrected chi connectivity index (χ1v) is 11.4. The maximum atomic E-state index is 12.5. The number of unbranched alkanes of at least 4 members (excludes halogenated alkanes) is 4. The van der Waals surface area contributed by atoms with Gasteiger partial charge in [0.1, 0.15) is 0 Å². The van der Waals surface area contributed by atoms with E-state index in [1.807, 2.05) is 12.1 Å². The monoisotopic (exact) mass is 436 g/mol. The van der Waals surface area contributed by atoms with E-state index in [9.17, 15) is 9.59 Å². The Labute approximate surface area is 189 Å². The van der Waals surface area contributed by atoms with Crippen molar-refractivity contribution in [1.82, 2.24) is 19.6 Å². The van der Waals surface area contributed by atoms with Gasteiger partial charge in [0.25, 0.3) is 0 Å². The summed E-state index contributed by atoms with van der Waals surface area (Å²) >= 11 is 0. The van der Waals surface area contributed by atoms with Crippen LogP contribution in [0, 0.1) is 0 Å². The molecule has 2 N–H and O–H groups in total. The van der Waals surface area contributed by atoms with Crippen LogP contribution in [0.5, 0.6) is 0 Å². The predicted molar refractivity (Wildman–Crippen MR) is 126 cm³/mol. The second-order valence-electron chi connectivity index (χ2n) is 7.86. The minimum Gasteiger partial charge on any atom is -0.306 e. The smallest absolute Gasteiger partial charge is 0.306 e. The highest BCUT2D eigenvalue weighted by Gasteiger charge is 2.10. The van der Waals surface area contributed by atoms with Gasteiger partial charge in [0.15, 0.2) is 0 Å². The highest BCUT2D eigenvalue weighted by molar-refractivity contribution is 5.93. The SMILES string of the molecule is CCCCCc1ccn(C(=O)Nc2cccc(NC(=O)n3ccc(CCCCC)n3)c2)n1. The normalized spacial score (nSPS) is 10.8. The molecule has 3 rings (SSSR count). The molecule has 0 aliphatic carbocycles. The van der Waals surface area contributed by atoms with Gasteiger partial charge in [-0.2, -0.15) is 19.6 Å². The van der Waals surface area contributed by atoms with E-state index in [0.717, 1.165) is 62.8 Å². The molecule has 1 aromatic carbocycles. The molecule has 0 aliphatic rings. The van der Waals surface area contributed by atoms with Gasteiger partial charge >= 0.3 is 12.1 Å². The highest BCUT2D eigenvalue weighted by Crippen LogP contribution is 2.16. The summed E-state index contributed by atoms with van der Waals surface area (Å²) in [5, 5.41) is 14.3. The number of aryl methyl sites for hydroxylation is 2. The van der Waals surface area contributed by atoms with Gasteiger partial charge in [0, 0.05) is 23.8 Å². The zero-order valence-corrected chi connectivity index (χ0v) is 18.9. The van der Waals surface area contributed by atoms with Crippen molar-refractivity contribution in [2.75, 3.05) is 10.6 Å². The molecule has 0 bridgehead atoms. The summed E-state index contributed by atoms with van der Waals surface area (Å²) in [6, 6.07) is 10.0. The van der Waals surface area contributed by atoms with Crippen molar-refractivity contribution < 1.29 is 9.59 Å². The second-order valence-corrected chi connectivity index (χ2v) is 7.86. The Morgan fingerprint density at radius 1 is 0.750 bits per heavy atom. The summed E-state index contributed by atoms with van der Waals surface area (Å²) in [5.41, 5.74) is 2.94. The number of rotatable bonds is 10. The number of hydrogen-bond donors (Lipinski definition) is 2. The Kier molecular flexibility index (Phi) is 8.60. The van der Waals surface area contributed by atoms with Gasteiger partial charge in [-0.05, 0) is 56.0 Å². The fourth-order valence-electron chi connectivity index (χ4n) is 3.36. The third kappa shape index (κ3) is 6.80. The van der Waals surface area contributed by atoms with Gasteiger partial charge in [0.2, 0.25) is 0 Å². The fourth-order valence-corrected chi connectivity index (χ4v) is 3.36. The molecule has 8 nitrogen and oxygen atoms in total. The number of aromatic nitrogens is 4. The predicted octanol–water partition coefficient (Wildman–Crippen LogP) is 5.71. The van der Waals surface area contributed by atoms with E-state index in [-0.39, 0.29) is 12.1 Å². The molecule has 0 fully saturated rings. The van der Waals surface area contributed by atoms with E-state index >= 15 is 0 Å². The average Bonchev–Trinajstić information content (AvgIpc) is 3.44. The molecule has 2 heterocycles. The molecule has 0 aliphatic heterocycles. The lowest BCUT2D eigenvalue weighted by Gasteiger charge is -2.09. The summed E-state index contributed by atoms with van der Waals surface area (Å²) in [4.78, 5) is 25.0. The molecule has 0 unspecified atom stereocenters. The van der Waals surface area contributed by atoms with Crippen molar-refractivity contribution in [2.45, 2.75) is 65.2 Å². The maximum absolute atomic E-state index is 12.5. The Balaban J connectivity index is 1.56. The molecular formula is C24H32N6O2. The van der Waals surface area contributed by atoms with Crippen LogP contribution in [0.25, 0.3) is 0 Å². The molecule has 170 valence electrons. The van der Waals surface area contributed by atoms with Crippen molar-refractivity contribution in [1.29, 1.82) is 0 Å². The third-order valence-corrected chi connectivity index (χ3v) is 5.14. The first kappa shape index (κ1) is 23.2. The molecule has 0 spiro atoms. The van der Waals surface area contributed by atoms with E-state index in [0.29, 0.717) is 11.4 Å². The molecule has 2 amide bonds. The highest BCUT2D eigenvalue weighted by atomic mass is 16.2. The van der Waals surface area contributed by atoms with Crippen LogP contribution in [0.15, 0.2) is 48.8 Å². The van der Waals surface area contributed by atoms with E-state index in [2.05, 4.69) is 34.7 Å². The van der Waals surface area contributed by atoms with E-state index in [4.69, 9.17) is 0 Å². The number of anilines is 2. The van der Waals surface area contributed by atoms with Crippen LogP contribution in [0.4, 0.5) is 21.0 Å². The van der Waals surface area contributed by atoms with Gasteiger partial charge in [-0.25, -0.2) is 9.59 Å². The van der Waals surface area contributed by atoms with Crippen LogP contribution in [-0.4, -0.2) is 31.6 Å². The maximum Gasteiger partial charge on any atom is 0.346 e.